The standard InChI is InChI=1S/C13H9F2N3O4/c14-13(15)22-8-4-2-1-3-7(8)18-11(19)9-10(12(20)21)17-6-5-16-9/h1-6,13H,(H,18,19)(H,20,21). The van der Waals surface area contributed by atoms with Gasteiger partial charge in [-0.05, 0) is 12.1 Å². The first kappa shape index (κ1) is 15.3. The number of carbonyl (C=O) groups excluding carboxylic acids is 1. The van der Waals surface area contributed by atoms with Gasteiger partial charge in [0.15, 0.2) is 11.4 Å². The summed E-state index contributed by atoms with van der Waals surface area (Å²) in [6.45, 7) is -3.07. The summed E-state index contributed by atoms with van der Waals surface area (Å²) in [7, 11) is 0. The molecule has 2 N–H and O–H groups in total. The minimum absolute atomic E-state index is 0.0465. The lowest BCUT2D eigenvalue weighted by Gasteiger charge is -2.11. The SMILES string of the molecule is O=C(O)c1nccnc1C(=O)Nc1ccccc1OC(F)F. The zero-order chi connectivity index (χ0) is 16.1. The highest BCUT2D eigenvalue weighted by molar-refractivity contribution is 6.08. The minimum Gasteiger partial charge on any atom is -0.476 e. The first-order valence-electron chi connectivity index (χ1n) is 5.88. The number of carboxylic acid groups (broad SMARTS) is 1. The Morgan fingerprint density at radius 3 is 2.41 bits per heavy atom. The van der Waals surface area contributed by atoms with E-state index in [1.807, 2.05) is 0 Å². The molecule has 0 fully saturated rings. The third-order valence-corrected chi connectivity index (χ3v) is 2.47. The lowest BCUT2D eigenvalue weighted by Crippen LogP contribution is -2.20. The van der Waals surface area contributed by atoms with Crippen molar-refractivity contribution in [3.63, 3.8) is 0 Å². The van der Waals surface area contributed by atoms with E-state index in [0.29, 0.717) is 0 Å². The van der Waals surface area contributed by atoms with E-state index < -0.39 is 29.9 Å². The maximum atomic E-state index is 12.3. The van der Waals surface area contributed by atoms with Crippen molar-refractivity contribution in [2.45, 2.75) is 6.61 Å². The molecule has 1 aromatic heterocycles. The summed E-state index contributed by atoms with van der Waals surface area (Å²) in [5, 5.41) is 11.2. The molecule has 0 unspecified atom stereocenters. The van der Waals surface area contributed by atoms with Crippen LogP contribution in [-0.2, 0) is 0 Å². The molecule has 114 valence electrons. The summed E-state index contributed by atoms with van der Waals surface area (Å²) >= 11 is 0. The fraction of sp³-hybridized carbons (Fsp3) is 0.0769. The molecule has 7 nitrogen and oxygen atoms in total. The van der Waals surface area contributed by atoms with E-state index in [9.17, 15) is 18.4 Å². The van der Waals surface area contributed by atoms with E-state index in [1.165, 1.54) is 24.3 Å². The number of alkyl halides is 2. The van der Waals surface area contributed by atoms with Gasteiger partial charge in [0.2, 0.25) is 0 Å². The fourth-order valence-corrected chi connectivity index (χ4v) is 1.61. The number of nitrogens with one attached hydrogen (secondary N) is 1. The number of hydrogen-bond donors (Lipinski definition) is 2. The third kappa shape index (κ3) is 3.51. The largest absolute Gasteiger partial charge is 0.476 e. The Balaban J connectivity index is 2.29. The molecule has 22 heavy (non-hydrogen) atoms. The molecule has 0 atom stereocenters. The number of ether oxygens (including phenoxy) is 1. The van der Waals surface area contributed by atoms with Crippen LogP contribution in [0.4, 0.5) is 14.5 Å². The van der Waals surface area contributed by atoms with Gasteiger partial charge in [0.1, 0.15) is 5.75 Å². The summed E-state index contributed by atoms with van der Waals surface area (Å²) < 4.78 is 28.9. The van der Waals surface area contributed by atoms with Crippen LogP contribution >= 0.6 is 0 Å². The van der Waals surface area contributed by atoms with Crippen LogP contribution in [0.5, 0.6) is 5.75 Å². The molecule has 2 aromatic rings. The van der Waals surface area contributed by atoms with Crippen molar-refractivity contribution >= 4 is 17.6 Å². The monoisotopic (exact) mass is 309 g/mol. The molecule has 1 amide bonds. The summed E-state index contributed by atoms with van der Waals surface area (Å²) in [6, 6.07) is 5.49. The van der Waals surface area contributed by atoms with E-state index in [0.717, 1.165) is 12.4 Å². The summed E-state index contributed by atoms with van der Waals surface area (Å²) in [5.41, 5.74) is -1.04. The predicted molar refractivity (Wildman–Crippen MR) is 70.0 cm³/mol. The van der Waals surface area contributed by atoms with Gasteiger partial charge >= 0.3 is 12.6 Å². The molecular formula is C13H9F2N3O4. The number of anilines is 1. The van der Waals surface area contributed by atoms with Crippen molar-refractivity contribution in [3.8, 4) is 5.75 Å². The highest BCUT2D eigenvalue weighted by atomic mass is 19.3. The molecule has 0 radical (unpaired) electrons. The number of carboxylic acids is 1. The van der Waals surface area contributed by atoms with Crippen LogP contribution in [0.15, 0.2) is 36.7 Å². The molecule has 0 aliphatic heterocycles. The molecule has 9 heteroatoms. The maximum Gasteiger partial charge on any atom is 0.387 e. The van der Waals surface area contributed by atoms with Gasteiger partial charge in [0, 0.05) is 12.4 Å². The van der Waals surface area contributed by atoms with Crippen molar-refractivity contribution < 1.29 is 28.2 Å². The van der Waals surface area contributed by atoms with Crippen LogP contribution in [0.2, 0.25) is 0 Å². The van der Waals surface area contributed by atoms with Crippen molar-refractivity contribution in [2.24, 2.45) is 0 Å². The van der Waals surface area contributed by atoms with Crippen LogP contribution in [0.25, 0.3) is 0 Å². The summed E-state index contributed by atoms with van der Waals surface area (Å²) in [4.78, 5) is 30.2. The van der Waals surface area contributed by atoms with Crippen molar-refractivity contribution in [1.82, 2.24) is 9.97 Å². The lowest BCUT2D eigenvalue weighted by atomic mass is 10.2. The number of aromatic carboxylic acids is 1. The van der Waals surface area contributed by atoms with Crippen LogP contribution in [0.3, 0.4) is 0 Å². The van der Waals surface area contributed by atoms with Gasteiger partial charge in [-0.3, -0.25) is 4.79 Å². The number of halogens is 2. The molecule has 0 bridgehead atoms. The highest BCUT2D eigenvalue weighted by Crippen LogP contribution is 2.26. The van der Waals surface area contributed by atoms with E-state index in [4.69, 9.17) is 5.11 Å². The van der Waals surface area contributed by atoms with E-state index >= 15 is 0 Å². The zero-order valence-corrected chi connectivity index (χ0v) is 10.9. The van der Waals surface area contributed by atoms with Crippen molar-refractivity contribution in [2.75, 3.05) is 5.32 Å². The molecule has 0 aliphatic rings. The molecule has 0 saturated heterocycles. The van der Waals surface area contributed by atoms with Crippen molar-refractivity contribution in [3.05, 3.63) is 48.0 Å². The number of rotatable bonds is 5. The fourth-order valence-electron chi connectivity index (χ4n) is 1.61. The smallest absolute Gasteiger partial charge is 0.387 e. The molecule has 0 spiro atoms. The second-order valence-electron chi connectivity index (χ2n) is 3.89. The number of benzene rings is 1. The summed E-state index contributed by atoms with van der Waals surface area (Å²) in [6.07, 6.45) is 2.26. The first-order chi connectivity index (χ1) is 10.5. The number of hydrogen-bond acceptors (Lipinski definition) is 5. The Kier molecular flexibility index (Phi) is 4.57. The Hall–Kier alpha value is -3.10. The molecule has 1 aromatic carbocycles. The molecule has 1 heterocycles. The predicted octanol–water partition coefficient (Wildman–Crippen LogP) is 2.03. The zero-order valence-electron chi connectivity index (χ0n) is 10.9. The normalized spacial score (nSPS) is 10.3. The van der Waals surface area contributed by atoms with Gasteiger partial charge in [0.25, 0.3) is 5.91 Å². The van der Waals surface area contributed by atoms with Gasteiger partial charge in [-0.25, -0.2) is 14.8 Å². The van der Waals surface area contributed by atoms with Crippen LogP contribution in [0.1, 0.15) is 21.0 Å². The third-order valence-electron chi connectivity index (χ3n) is 2.47. The molecule has 2 rings (SSSR count). The lowest BCUT2D eigenvalue weighted by molar-refractivity contribution is -0.0493. The van der Waals surface area contributed by atoms with Gasteiger partial charge in [-0.15, -0.1) is 0 Å². The van der Waals surface area contributed by atoms with Crippen LogP contribution < -0.4 is 10.1 Å². The van der Waals surface area contributed by atoms with Gasteiger partial charge in [-0.1, -0.05) is 12.1 Å². The minimum atomic E-state index is -3.07. The van der Waals surface area contributed by atoms with Crippen LogP contribution in [0, 0.1) is 0 Å². The Labute approximate surface area is 122 Å². The Bertz CT molecular complexity index is 709. The molecule has 0 saturated carbocycles. The number of para-hydroxylation sites is 2. The van der Waals surface area contributed by atoms with Gasteiger partial charge in [-0.2, -0.15) is 8.78 Å². The Morgan fingerprint density at radius 2 is 1.77 bits per heavy atom. The van der Waals surface area contributed by atoms with Gasteiger partial charge < -0.3 is 15.2 Å². The summed E-state index contributed by atoms with van der Waals surface area (Å²) in [5.74, 6) is -2.60. The second kappa shape index (κ2) is 6.57. The van der Waals surface area contributed by atoms with Crippen LogP contribution in [-0.4, -0.2) is 33.6 Å². The molecule has 0 aliphatic carbocycles. The Morgan fingerprint density at radius 1 is 1.14 bits per heavy atom. The average Bonchev–Trinajstić information content (AvgIpc) is 2.48. The first-order valence-corrected chi connectivity index (χ1v) is 5.88. The number of carbonyl (C=O) groups is 2. The number of amides is 1. The van der Waals surface area contributed by atoms with Gasteiger partial charge in [0.05, 0.1) is 5.69 Å². The van der Waals surface area contributed by atoms with E-state index in [-0.39, 0.29) is 11.4 Å². The van der Waals surface area contributed by atoms with Crippen molar-refractivity contribution in [1.29, 1.82) is 0 Å². The quantitative estimate of drug-likeness (QED) is 0.876. The highest BCUT2D eigenvalue weighted by Gasteiger charge is 2.20. The van der Waals surface area contributed by atoms with E-state index in [2.05, 4.69) is 20.0 Å². The average molecular weight is 309 g/mol. The second-order valence-corrected chi connectivity index (χ2v) is 3.89. The number of nitrogens with zero attached hydrogens (tertiary/aromatic N) is 2. The topological polar surface area (TPSA) is 101 Å². The van der Waals surface area contributed by atoms with E-state index in [1.54, 1.807) is 0 Å². The molecular weight excluding hydrogens is 300 g/mol. The number of aromatic nitrogens is 2. The maximum absolute atomic E-state index is 12.3.